The number of halogens is 1. The standard InChI is InChI=1S/C9H11BrN2O/c1-6(9(11)13)12-8-5-3-2-4-7(8)10/h2-6,12H,1H3,(H2,11,13)/t6-/m1/s1. The van der Waals surface area contributed by atoms with E-state index >= 15 is 0 Å². The van der Waals surface area contributed by atoms with E-state index in [-0.39, 0.29) is 11.9 Å². The first-order chi connectivity index (χ1) is 6.11. The maximum atomic E-state index is 10.8. The Balaban J connectivity index is 2.74. The van der Waals surface area contributed by atoms with E-state index in [1.807, 2.05) is 24.3 Å². The summed E-state index contributed by atoms with van der Waals surface area (Å²) in [6, 6.07) is 7.21. The number of rotatable bonds is 3. The molecule has 0 radical (unpaired) electrons. The van der Waals surface area contributed by atoms with E-state index in [0.29, 0.717) is 0 Å². The molecule has 0 aromatic heterocycles. The normalized spacial score (nSPS) is 12.2. The van der Waals surface area contributed by atoms with Crippen LogP contribution in [0.15, 0.2) is 28.7 Å². The van der Waals surface area contributed by atoms with Crippen molar-refractivity contribution < 1.29 is 4.79 Å². The molecule has 0 aliphatic rings. The molecule has 13 heavy (non-hydrogen) atoms. The smallest absolute Gasteiger partial charge is 0.239 e. The minimum absolute atomic E-state index is 0.362. The zero-order valence-corrected chi connectivity index (χ0v) is 8.84. The van der Waals surface area contributed by atoms with Crippen LogP contribution in [0.1, 0.15) is 6.92 Å². The number of nitrogens with one attached hydrogen (secondary N) is 1. The Labute approximate surface area is 85.4 Å². The molecule has 3 N–H and O–H groups in total. The van der Waals surface area contributed by atoms with Crippen LogP contribution in [-0.2, 0) is 4.79 Å². The molecule has 0 aliphatic heterocycles. The average molecular weight is 243 g/mol. The number of primary amides is 1. The quantitative estimate of drug-likeness (QED) is 0.849. The summed E-state index contributed by atoms with van der Waals surface area (Å²) in [6.45, 7) is 1.72. The summed E-state index contributed by atoms with van der Waals surface area (Å²) >= 11 is 3.36. The fraction of sp³-hybridized carbons (Fsp3) is 0.222. The van der Waals surface area contributed by atoms with E-state index in [1.165, 1.54) is 0 Å². The first-order valence-electron chi connectivity index (χ1n) is 3.91. The van der Waals surface area contributed by atoms with Crippen molar-refractivity contribution in [3.05, 3.63) is 28.7 Å². The van der Waals surface area contributed by atoms with Crippen molar-refractivity contribution in [3.63, 3.8) is 0 Å². The van der Waals surface area contributed by atoms with Gasteiger partial charge in [-0.2, -0.15) is 0 Å². The van der Waals surface area contributed by atoms with Crippen LogP contribution in [0.2, 0.25) is 0 Å². The molecule has 0 saturated heterocycles. The van der Waals surface area contributed by atoms with Crippen LogP contribution in [0.5, 0.6) is 0 Å². The predicted molar refractivity (Wildman–Crippen MR) is 56.4 cm³/mol. The number of para-hydroxylation sites is 1. The van der Waals surface area contributed by atoms with Gasteiger partial charge in [-0.15, -0.1) is 0 Å². The first kappa shape index (κ1) is 10.1. The topological polar surface area (TPSA) is 55.1 Å². The SMILES string of the molecule is C[C@@H](Nc1ccccc1Br)C(N)=O. The van der Waals surface area contributed by atoms with Crippen LogP contribution in [0.25, 0.3) is 0 Å². The number of amides is 1. The molecular formula is C9H11BrN2O. The molecule has 0 heterocycles. The molecule has 1 aromatic carbocycles. The number of carbonyl (C=O) groups is 1. The van der Waals surface area contributed by atoms with Crippen molar-refractivity contribution in [1.29, 1.82) is 0 Å². The van der Waals surface area contributed by atoms with Gasteiger partial charge in [-0.05, 0) is 35.0 Å². The summed E-state index contributed by atoms with van der Waals surface area (Å²) in [5.41, 5.74) is 5.99. The highest BCUT2D eigenvalue weighted by Gasteiger charge is 2.08. The van der Waals surface area contributed by atoms with Gasteiger partial charge in [0.05, 0.1) is 0 Å². The van der Waals surface area contributed by atoms with Crippen LogP contribution in [0.4, 0.5) is 5.69 Å². The fourth-order valence-electron chi connectivity index (χ4n) is 0.883. The Morgan fingerprint density at radius 3 is 2.69 bits per heavy atom. The molecule has 3 nitrogen and oxygen atoms in total. The lowest BCUT2D eigenvalue weighted by Crippen LogP contribution is -2.32. The van der Waals surface area contributed by atoms with Crippen molar-refractivity contribution in [3.8, 4) is 0 Å². The van der Waals surface area contributed by atoms with E-state index in [1.54, 1.807) is 6.92 Å². The summed E-state index contributed by atoms with van der Waals surface area (Å²) in [4.78, 5) is 10.8. The first-order valence-corrected chi connectivity index (χ1v) is 4.71. The molecule has 1 aromatic rings. The summed E-state index contributed by atoms with van der Waals surface area (Å²) in [5.74, 6) is -0.365. The Hall–Kier alpha value is -1.03. The van der Waals surface area contributed by atoms with Crippen molar-refractivity contribution in [2.75, 3.05) is 5.32 Å². The maximum absolute atomic E-state index is 10.8. The van der Waals surface area contributed by atoms with Crippen LogP contribution in [0, 0.1) is 0 Å². The lowest BCUT2D eigenvalue weighted by molar-refractivity contribution is -0.118. The second-order valence-corrected chi connectivity index (χ2v) is 3.60. The van der Waals surface area contributed by atoms with Crippen molar-refractivity contribution in [1.82, 2.24) is 0 Å². The zero-order chi connectivity index (χ0) is 9.84. The molecule has 1 atom stereocenters. The number of hydrogen-bond donors (Lipinski definition) is 2. The van der Waals surface area contributed by atoms with Gasteiger partial charge in [-0.1, -0.05) is 12.1 Å². The molecule has 1 amide bonds. The summed E-state index contributed by atoms with van der Waals surface area (Å²) in [5, 5.41) is 2.99. The number of nitrogens with two attached hydrogens (primary N) is 1. The highest BCUT2D eigenvalue weighted by Crippen LogP contribution is 2.21. The third-order valence-corrected chi connectivity index (χ3v) is 2.36. The molecule has 0 bridgehead atoms. The fourth-order valence-corrected chi connectivity index (χ4v) is 1.28. The maximum Gasteiger partial charge on any atom is 0.239 e. The molecule has 70 valence electrons. The lowest BCUT2D eigenvalue weighted by Gasteiger charge is -2.12. The molecule has 0 aliphatic carbocycles. The molecule has 0 fully saturated rings. The third kappa shape index (κ3) is 2.73. The van der Waals surface area contributed by atoms with Gasteiger partial charge in [0.2, 0.25) is 5.91 Å². The van der Waals surface area contributed by atoms with E-state index in [4.69, 9.17) is 5.73 Å². The van der Waals surface area contributed by atoms with Gasteiger partial charge in [0.1, 0.15) is 6.04 Å². The largest absolute Gasteiger partial charge is 0.373 e. The van der Waals surface area contributed by atoms with Gasteiger partial charge in [0.15, 0.2) is 0 Å². The minimum atomic E-state index is -0.365. The summed E-state index contributed by atoms with van der Waals surface area (Å²) in [7, 11) is 0. The molecule has 1 rings (SSSR count). The zero-order valence-electron chi connectivity index (χ0n) is 7.25. The number of carbonyl (C=O) groups excluding carboxylic acids is 1. The molecule has 0 spiro atoms. The van der Waals surface area contributed by atoms with Crippen LogP contribution >= 0.6 is 15.9 Å². The van der Waals surface area contributed by atoms with Gasteiger partial charge in [0.25, 0.3) is 0 Å². The van der Waals surface area contributed by atoms with E-state index in [0.717, 1.165) is 10.2 Å². The van der Waals surface area contributed by atoms with Gasteiger partial charge in [-0.3, -0.25) is 4.79 Å². The summed E-state index contributed by atoms with van der Waals surface area (Å²) < 4.78 is 0.920. The van der Waals surface area contributed by atoms with E-state index < -0.39 is 0 Å². The minimum Gasteiger partial charge on any atom is -0.373 e. The Morgan fingerprint density at radius 1 is 1.54 bits per heavy atom. The predicted octanol–water partition coefficient (Wildman–Crippen LogP) is 1.73. The van der Waals surface area contributed by atoms with Crippen LogP contribution < -0.4 is 11.1 Å². The van der Waals surface area contributed by atoms with Crippen molar-refractivity contribution >= 4 is 27.5 Å². The van der Waals surface area contributed by atoms with E-state index in [2.05, 4.69) is 21.2 Å². The van der Waals surface area contributed by atoms with Gasteiger partial charge in [-0.25, -0.2) is 0 Å². The Kier molecular flexibility index (Phi) is 3.31. The monoisotopic (exact) mass is 242 g/mol. The number of anilines is 1. The lowest BCUT2D eigenvalue weighted by atomic mass is 10.2. The second kappa shape index (κ2) is 4.28. The van der Waals surface area contributed by atoms with Gasteiger partial charge < -0.3 is 11.1 Å². The second-order valence-electron chi connectivity index (χ2n) is 2.75. The Morgan fingerprint density at radius 2 is 2.15 bits per heavy atom. The molecular weight excluding hydrogens is 232 g/mol. The highest BCUT2D eigenvalue weighted by atomic mass is 79.9. The number of hydrogen-bond acceptors (Lipinski definition) is 2. The third-order valence-electron chi connectivity index (χ3n) is 1.67. The van der Waals surface area contributed by atoms with Crippen LogP contribution in [0.3, 0.4) is 0 Å². The average Bonchev–Trinajstić information content (AvgIpc) is 2.08. The molecule has 0 saturated carbocycles. The van der Waals surface area contributed by atoms with Gasteiger partial charge >= 0.3 is 0 Å². The number of benzene rings is 1. The van der Waals surface area contributed by atoms with Gasteiger partial charge in [0, 0.05) is 10.2 Å². The van der Waals surface area contributed by atoms with Crippen molar-refractivity contribution in [2.24, 2.45) is 5.73 Å². The Bertz CT molecular complexity index is 314. The van der Waals surface area contributed by atoms with Crippen LogP contribution in [-0.4, -0.2) is 11.9 Å². The summed E-state index contributed by atoms with van der Waals surface area (Å²) in [6.07, 6.45) is 0. The molecule has 0 unspecified atom stereocenters. The van der Waals surface area contributed by atoms with Crippen molar-refractivity contribution in [2.45, 2.75) is 13.0 Å². The highest BCUT2D eigenvalue weighted by molar-refractivity contribution is 9.10. The molecule has 4 heteroatoms. The van der Waals surface area contributed by atoms with E-state index in [9.17, 15) is 4.79 Å².